The van der Waals surface area contributed by atoms with Crippen LogP contribution in [0.5, 0.6) is 0 Å². The van der Waals surface area contributed by atoms with Crippen molar-refractivity contribution in [1.82, 2.24) is 20.3 Å². The highest BCUT2D eigenvalue weighted by atomic mass is 35.5. The van der Waals surface area contributed by atoms with Gasteiger partial charge in [0.05, 0.1) is 6.07 Å². The molecule has 11 heteroatoms. The molecule has 9 nitrogen and oxygen atoms in total. The summed E-state index contributed by atoms with van der Waals surface area (Å²) in [6.07, 6.45) is 1.03. The summed E-state index contributed by atoms with van der Waals surface area (Å²) >= 11 is 12.0. The SMILES string of the molecule is CC1(C)CC(C#N)(Nc2nc(Cl)nc(NC(=O)Nc3cccc(Cl)c3)n2)CC(C)(C)N1. The number of nitrogens with zero attached hydrogens (tertiary/aromatic N) is 4. The van der Waals surface area contributed by atoms with E-state index in [1.165, 1.54) is 0 Å². The molecule has 0 unspecified atom stereocenters. The molecule has 1 aromatic carbocycles. The first-order chi connectivity index (χ1) is 14.4. The number of urea groups is 1. The molecule has 0 spiro atoms. The molecule has 3 rings (SSSR count). The van der Waals surface area contributed by atoms with E-state index in [1.807, 2.05) is 27.7 Å². The van der Waals surface area contributed by atoms with Crippen molar-refractivity contribution in [3.63, 3.8) is 0 Å². The molecule has 1 fully saturated rings. The maximum atomic E-state index is 12.3. The quantitative estimate of drug-likeness (QED) is 0.528. The lowest BCUT2D eigenvalue weighted by atomic mass is 9.71. The molecule has 0 saturated carbocycles. The van der Waals surface area contributed by atoms with E-state index in [2.05, 4.69) is 42.3 Å². The summed E-state index contributed by atoms with van der Waals surface area (Å²) in [5.41, 5.74) is -1.01. The second-order valence-corrected chi connectivity index (χ2v) is 9.68. The van der Waals surface area contributed by atoms with Gasteiger partial charge >= 0.3 is 6.03 Å². The van der Waals surface area contributed by atoms with Crippen molar-refractivity contribution in [2.75, 3.05) is 16.0 Å². The predicted molar refractivity (Wildman–Crippen MR) is 121 cm³/mol. The lowest BCUT2D eigenvalue weighted by Crippen LogP contribution is -2.65. The van der Waals surface area contributed by atoms with Crippen LogP contribution in [0, 0.1) is 11.3 Å². The van der Waals surface area contributed by atoms with Crippen LogP contribution in [0.25, 0.3) is 0 Å². The molecule has 0 atom stereocenters. The van der Waals surface area contributed by atoms with E-state index in [4.69, 9.17) is 23.2 Å². The van der Waals surface area contributed by atoms with E-state index in [-0.39, 0.29) is 28.3 Å². The topological polar surface area (TPSA) is 128 Å². The summed E-state index contributed by atoms with van der Waals surface area (Å²) < 4.78 is 0. The molecule has 0 aliphatic carbocycles. The van der Waals surface area contributed by atoms with Gasteiger partial charge in [-0.15, -0.1) is 0 Å². The van der Waals surface area contributed by atoms with Crippen LogP contribution in [-0.4, -0.2) is 37.6 Å². The first kappa shape index (κ1) is 23.0. The molecule has 2 amide bonds. The molecule has 1 aliphatic heterocycles. The number of hydrogen-bond donors (Lipinski definition) is 4. The first-order valence-corrected chi connectivity index (χ1v) is 10.4. The minimum atomic E-state index is -0.927. The number of nitriles is 1. The van der Waals surface area contributed by atoms with Gasteiger partial charge in [-0.3, -0.25) is 5.32 Å². The highest BCUT2D eigenvalue weighted by Crippen LogP contribution is 2.37. The van der Waals surface area contributed by atoms with Gasteiger partial charge in [-0.1, -0.05) is 17.7 Å². The van der Waals surface area contributed by atoms with Gasteiger partial charge < -0.3 is 16.0 Å². The summed E-state index contributed by atoms with van der Waals surface area (Å²) in [5.74, 6) is 0.0516. The number of carbonyl (C=O) groups is 1. The second kappa shape index (κ2) is 8.46. The molecule has 1 saturated heterocycles. The third-order valence-electron chi connectivity index (χ3n) is 4.65. The molecule has 2 aromatic rings. The van der Waals surface area contributed by atoms with Gasteiger partial charge in [-0.2, -0.15) is 20.2 Å². The van der Waals surface area contributed by atoms with Crippen molar-refractivity contribution in [2.24, 2.45) is 0 Å². The first-order valence-electron chi connectivity index (χ1n) is 9.63. The lowest BCUT2D eigenvalue weighted by molar-refractivity contribution is 0.143. The Bertz CT molecular complexity index is 1020. The number of anilines is 3. The largest absolute Gasteiger partial charge is 0.336 e. The summed E-state index contributed by atoms with van der Waals surface area (Å²) in [6, 6.07) is 8.52. The third-order valence-corrected chi connectivity index (χ3v) is 5.05. The number of nitrogens with one attached hydrogen (secondary N) is 4. The smallest absolute Gasteiger partial charge is 0.326 e. The average Bonchev–Trinajstić information content (AvgIpc) is 2.58. The van der Waals surface area contributed by atoms with Crippen molar-refractivity contribution in [3.8, 4) is 6.07 Å². The van der Waals surface area contributed by atoms with Crippen LogP contribution in [0.15, 0.2) is 24.3 Å². The molecule has 31 heavy (non-hydrogen) atoms. The summed E-state index contributed by atoms with van der Waals surface area (Å²) in [7, 11) is 0. The molecule has 1 aliphatic rings. The standard InChI is InChI=1S/C20H24Cl2N8O/c1-18(2)9-20(11-23,10-19(3,4)30-18)29-16-26-14(22)25-15(27-16)28-17(31)24-13-7-5-6-12(21)8-13/h5-8,30H,9-10H2,1-4H3,(H3,24,25,26,27,28,29,31). The van der Waals surface area contributed by atoms with E-state index >= 15 is 0 Å². The number of benzene rings is 1. The number of aromatic nitrogens is 3. The number of hydrogen-bond acceptors (Lipinski definition) is 7. The van der Waals surface area contributed by atoms with Crippen molar-refractivity contribution >= 4 is 46.8 Å². The van der Waals surface area contributed by atoms with Crippen LogP contribution >= 0.6 is 23.2 Å². The molecule has 164 valence electrons. The maximum Gasteiger partial charge on any atom is 0.326 e. The Labute approximate surface area is 191 Å². The Hall–Kier alpha value is -2.67. The van der Waals surface area contributed by atoms with Crippen LogP contribution in [0.2, 0.25) is 10.3 Å². The fourth-order valence-corrected chi connectivity index (χ4v) is 4.63. The molecule has 1 aromatic heterocycles. The zero-order chi connectivity index (χ0) is 22.9. The van der Waals surface area contributed by atoms with Crippen LogP contribution < -0.4 is 21.3 Å². The van der Waals surface area contributed by atoms with Gasteiger partial charge in [-0.25, -0.2) is 4.79 Å². The van der Waals surface area contributed by atoms with E-state index in [9.17, 15) is 10.1 Å². The van der Waals surface area contributed by atoms with E-state index in [0.29, 0.717) is 23.6 Å². The Morgan fingerprint density at radius 3 is 2.32 bits per heavy atom. The Balaban J connectivity index is 1.79. The minimum Gasteiger partial charge on any atom is -0.336 e. The maximum absolute atomic E-state index is 12.3. The van der Waals surface area contributed by atoms with Crippen LogP contribution in [0.1, 0.15) is 40.5 Å². The van der Waals surface area contributed by atoms with Crippen molar-refractivity contribution in [1.29, 1.82) is 5.26 Å². The monoisotopic (exact) mass is 462 g/mol. The van der Waals surface area contributed by atoms with E-state index in [1.54, 1.807) is 24.3 Å². The number of rotatable bonds is 4. The van der Waals surface area contributed by atoms with Gasteiger partial charge in [0.1, 0.15) is 5.54 Å². The number of halogens is 2. The van der Waals surface area contributed by atoms with Gasteiger partial charge in [0.15, 0.2) is 0 Å². The van der Waals surface area contributed by atoms with E-state index in [0.717, 1.165) is 0 Å². The van der Waals surface area contributed by atoms with Crippen LogP contribution in [-0.2, 0) is 0 Å². The van der Waals surface area contributed by atoms with Gasteiger partial charge in [0.25, 0.3) is 0 Å². The molecule has 0 radical (unpaired) electrons. The number of amides is 2. The number of piperidine rings is 1. The Kier molecular flexibility index (Phi) is 6.28. The average molecular weight is 463 g/mol. The zero-order valence-corrected chi connectivity index (χ0v) is 19.2. The predicted octanol–water partition coefficient (Wildman–Crippen LogP) is 4.44. The fourth-order valence-electron chi connectivity index (χ4n) is 4.28. The molecular weight excluding hydrogens is 439 g/mol. The highest BCUT2D eigenvalue weighted by molar-refractivity contribution is 6.31. The molecule has 0 bridgehead atoms. The summed E-state index contributed by atoms with van der Waals surface area (Å²) in [5, 5.41) is 22.2. The summed E-state index contributed by atoms with van der Waals surface area (Å²) in [6.45, 7) is 8.15. The fraction of sp³-hybridized carbons (Fsp3) is 0.450. The van der Waals surface area contributed by atoms with E-state index < -0.39 is 11.6 Å². The normalized spacial score (nSPS) is 18.5. The molecular formula is C20H24Cl2N8O. The van der Waals surface area contributed by atoms with Crippen LogP contribution in [0.4, 0.5) is 22.4 Å². The van der Waals surface area contributed by atoms with Gasteiger partial charge in [0.2, 0.25) is 17.2 Å². The van der Waals surface area contributed by atoms with Crippen molar-refractivity contribution < 1.29 is 4.79 Å². The Morgan fingerprint density at radius 2 is 1.71 bits per heavy atom. The zero-order valence-electron chi connectivity index (χ0n) is 17.7. The molecule has 4 N–H and O–H groups in total. The molecule has 2 heterocycles. The lowest BCUT2D eigenvalue weighted by Gasteiger charge is -2.50. The highest BCUT2D eigenvalue weighted by Gasteiger charge is 2.48. The van der Waals surface area contributed by atoms with Crippen molar-refractivity contribution in [2.45, 2.75) is 57.2 Å². The van der Waals surface area contributed by atoms with Crippen LogP contribution in [0.3, 0.4) is 0 Å². The number of carbonyl (C=O) groups excluding carboxylic acids is 1. The second-order valence-electron chi connectivity index (χ2n) is 8.91. The third kappa shape index (κ3) is 6.17. The minimum absolute atomic E-state index is 0.0532. The van der Waals surface area contributed by atoms with Crippen molar-refractivity contribution in [3.05, 3.63) is 34.6 Å². The summed E-state index contributed by atoms with van der Waals surface area (Å²) in [4.78, 5) is 24.6. The Morgan fingerprint density at radius 1 is 1.06 bits per heavy atom. The van der Waals surface area contributed by atoms with Gasteiger partial charge in [0, 0.05) is 34.6 Å². The van der Waals surface area contributed by atoms with Gasteiger partial charge in [-0.05, 0) is 57.5 Å².